The highest BCUT2D eigenvalue weighted by Crippen LogP contribution is 2.60. The lowest BCUT2D eigenvalue weighted by molar-refractivity contribution is -0.147. The number of esters is 1. The van der Waals surface area contributed by atoms with Crippen LogP contribution in [0.15, 0.2) is 11.1 Å². The molecule has 0 saturated heterocycles. The molecule has 1 aromatic rings. The standard InChI is InChI=1S/C20H20ClF7O2/c1-4-5-6-9-14(22)16(24)10(17(25)15(9)23)8-30-18(29)13-11(19(13,2)3)7-12(21)20(26,27)28/h7,11,13H,4-6,8H2,1-3H3. The van der Waals surface area contributed by atoms with Crippen LogP contribution in [0.5, 0.6) is 0 Å². The average molecular weight is 461 g/mol. The summed E-state index contributed by atoms with van der Waals surface area (Å²) < 4.78 is 99.2. The number of unbranched alkanes of at least 4 members (excludes halogenated alkanes) is 1. The first-order chi connectivity index (χ1) is 13.7. The number of carbonyl (C=O) groups excluding carboxylic acids is 1. The van der Waals surface area contributed by atoms with E-state index in [9.17, 15) is 35.5 Å². The number of hydrogen-bond donors (Lipinski definition) is 0. The van der Waals surface area contributed by atoms with Gasteiger partial charge in [-0.15, -0.1) is 0 Å². The van der Waals surface area contributed by atoms with E-state index in [0.29, 0.717) is 18.9 Å². The predicted octanol–water partition coefficient (Wildman–Crippen LogP) is 6.59. The fraction of sp³-hybridized carbons (Fsp3) is 0.550. The second kappa shape index (κ2) is 8.77. The number of halogens is 8. The zero-order chi connectivity index (χ0) is 23.0. The van der Waals surface area contributed by atoms with Crippen molar-refractivity contribution in [1.29, 1.82) is 0 Å². The molecule has 1 aliphatic rings. The molecule has 2 unspecified atom stereocenters. The van der Waals surface area contributed by atoms with Gasteiger partial charge in [-0.05, 0) is 24.2 Å². The molecular weight excluding hydrogens is 441 g/mol. The Morgan fingerprint density at radius 2 is 1.57 bits per heavy atom. The molecule has 30 heavy (non-hydrogen) atoms. The van der Waals surface area contributed by atoms with E-state index in [4.69, 9.17) is 16.3 Å². The van der Waals surface area contributed by atoms with Crippen LogP contribution in [0.2, 0.25) is 0 Å². The van der Waals surface area contributed by atoms with Gasteiger partial charge in [0.1, 0.15) is 11.6 Å². The highest BCUT2D eigenvalue weighted by Gasteiger charge is 2.62. The lowest BCUT2D eigenvalue weighted by atomic mass is 10.0. The number of alkyl halides is 3. The molecule has 1 fully saturated rings. The van der Waals surface area contributed by atoms with Crippen molar-refractivity contribution in [2.24, 2.45) is 17.3 Å². The van der Waals surface area contributed by atoms with Crippen LogP contribution in [0.4, 0.5) is 30.7 Å². The van der Waals surface area contributed by atoms with Gasteiger partial charge in [-0.3, -0.25) is 4.79 Å². The van der Waals surface area contributed by atoms with Crippen molar-refractivity contribution in [2.75, 3.05) is 0 Å². The molecule has 0 aromatic heterocycles. The third kappa shape index (κ3) is 4.76. The van der Waals surface area contributed by atoms with E-state index in [1.807, 2.05) is 0 Å². The first-order valence-electron chi connectivity index (χ1n) is 9.19. The zero-order valence-electron chi connectivity index (χ0n) is 16.4. The lowest BCUT2D eigenvalue weighted by Crippen LogP contribution is -2.15. The van der Waals surface area contributed by atoms with Gasteiger partial charge in [-0.1, -0.05) is 44.9 Å². The Hall–Kier alpha value is -1.77. The molecule has 0 spiro atoms. The minimum atomic E-state index is -4.78. The van der Waals surface area contributed by atoms with Gasteiger partial charge in [-0.2, -0.15) is 13.2 Å². The molecule has 1 aromatic carbocycles. The Kier molecular flexibility index (Phi) is 7.16. The van der Waals surface area contributed by atoms with E-state index < -0.39 is 75.4 Å². The highest BCUT2D eigenvalue weighted by molar-refractivity contribution is 6.30. The van der Waals surface area contributed by atoms with E-state index in [2.05, 4.69) is 0 Å². The Morgan fingerprint density at radius 3 is 2.03 bits per heavy atom. The molecule has 0 bridgehead atoms. The number of ether oxygens (including phenoxy) is 1. The first-order valence-corrected chi connectivity index (χ1v) is 9.57. The van der Waals surface area contributed by atoms with Crippen LogP contribution in [0, 0.1) is 40.5 Å². The molecule has 2 rings (SSSR count). The summed E-state index contributed by atoms with van der Waals surface area (Å²) in [6, 6.07) is 0. The summed E-state index contributed by atoms with van der Waals surface area (Å²) in [5.74, 6) is -9.48. The van der Waals surface area contributed by atoms with Crippen molar-refractivity contribution >= 4 is 17.6 Å². The monoisotopic (exact) mass is 460 g/mol. The maximum absolute atomic E-state index is 14.2. The van der Waals surface area contributed by atoms with Crippen molar-refractivity contribution in [3.05, 3.63) is 45.5 Å². The Balaban J connectivity index is 2.17. The average Bonchev–Trinajstić information content (AvgIpc) is 3.19. The molecule has 1 aliphatic carbocycles. The van der Waals surface area contributed by atoms with Crippen LogP contribution in [0.3, 0.4) is 0 Å². The van der Waals surface area contributed by atoms with Gasteiger partial charge in [0.05, 0.1) is 11.5 Å². The fourth-order valence-corrected chi connectivity index (χ4v) is 3.48. The lowest BCUT2D eigenvalue weighted by Gasteiger charge is -2.12. The summed E-state index contributed by atoms with van der Waals surface area (Å²) in [6.45, 7) is 3.61. The van der Waals surface area contributed by atoms with Gasteiger partial charge >= 0.3 is 12.1 Å². The Labute approximate surface area is 174 Å². The van der Waals surface area contributed by atoms with Crippen molar-refractivity contribution in [1.82, 2.24) is 0 Å². The van der Waals surface area contributed by atoms with Crippen LogP contribution in [-0.2, 0) is 22.6 Å². The largest absolute Gasteiger partial charge is 0.460 e. The van der Waals surface area contributed by atoms with Gasteiger partial charge < -0.3 is 4.74 Å². The molecule has 0 aliphatic heterocycles. The van der Waals surface area contributed by atoms with E-state index in [0.717, 1.165) is 0 Å². The van der Waals surface area contributed by atoms with E-state index >= 15 is 0 Å². The summed E-state index contributed by atoms with van der Waals surface area (Å²) in [5.41, 5.74) is -2.77. The molecule has 10 heteroatoms. The van der Waals surface area contributed by atoms with E-state index in [-0.39, 0.29) is 6.42 Å². The first kappa shape index (κ1) is 24.5. The van der Waals surface area contributed by atoms with E-state index in [1.165, 1.54) is 13.8 Å². The van der Waals surface area contributed by atoms with Crippen molar-refractivity contribution < 1.29 is 40.3 Å². The van der Waals surface area contributed by atoms with Gasteiger partial charge in [0.25, 0.3) is 0 Å². The summed E-state index contributed by atoms with van der Waals surface area (Å²) in [5, 5.41) is -1.40. The summed E-state index contributed by atoms with van der Waals surface area (Å²) >= 11 is 5.19. The highest BCUT2D eigenvalue weighted by atomic mass is 35.5. The molecule has 1 saturated carbocycles. The van der Waals surface area contributed by atoms with Crippen molar-refractivity contribution in [2.45, 2.75) is 52.8 Å². The number of carbonyl (C=O) groups is 1. The number of benzene rings is 1. The fourth-order valence-electron chi connectivity index (χ4n) is 3.35. The predicted molar refractivity (Wildman–Crippen MR) is 95.4 cm³/mol. The van der Waals surface area contributed by atoms with Gasteiger partial charge in [-0.25, -0.2) is 17.6 Å². The molecular formula is C20H20ClF7O2. The molecule has 2 atom stereocenters. The molecule has 0 amide bonds. The second-order valence-corrected chi connectivity index (χ2v) is 8.17. The van der Waals surface area contributed by atoms with Crippen molar-refractivity contribution in [3.8, 4) is 0 Å². The smallest absolute Gasteiger partial charge is 0.426 e. The molecule has 2 nitrogen and oxygen atoms in total. The van der Waals surface area contributed by atoms with Crippen LogP contribution in [-0.4, -0.2) is 12.1 Å². The molecule has 168 valence electrons. The Bertz CT molecular complexity index is 833. The van der Waals surface area contributed by atoms with Gasteiger partial charge in [0.15, 0.2) is 23.3 Å². The normalized spacial score (nSPS) is 21.0. The third-order valence-corrected chi connectivity index (χ3v) is 5.69. The molecule has 0 heterocycles. The van der Waals surface area contributed by atoms with Gasteiger partial charge in [0.2, 0.25) is 0 Å². The second-order valence-electron chi connectivity index (χ2n) is 7.76. The zero-order valence-corrected chi connectivity index (χ0v) is 17.2. The number of hydrogen-bond acceptors (Lipinski definition) is 2. The maximum atomic E-state index is 14.2. The maximum Gasteiger partial charge on any atom is 0.426 e. The quantitative estimate of drug-likeness (QED) is 0.261. The minimum Gasteiger partial charge on any atom is -0.460 e. The van der Waals surface area contributed by atoms with E-state index in [1.54, 1.807) is 6.92 Å². The molecule has 0 N–H and O–H groups in total. The number of allylic oxidation sites excluding steroid dienone is 2. The molecule has 0 radical (unpaired) electrons. The van der Waals surface area contributed by atoms with Crippen molar-refractivity contribution in [3.63, 3.8) is 0 Å². The van der Waals surface area contributed by atoms with Gasteiger partial charge in [0, 0.05) is 5.56 Å². The van der Waals surface area contributed by atoms with Crippen LogP contribution in [0.25, 0.3) is 0 Å². The van der Waals surface area contributed by atoms with Crippen LogP contribution < -0.4 is 0 Å². The summed E-state index contributed by atoms with van der Waals surface area (Å²) in [4.78, 5) is 12.2. The van der Waals surface area contributed by atoms with Crippen LogP contribution >= 0.6 is 11.6 Å². The SMILES string of the molecule is CCCCc1c(F)c(F)c(COC(=O)C2C(C=C(Cl)C(F)(F)F)C2(C)C)c(F)c1F. The minimum absolute atomic E-state index is 0.202. The Morgan fingerprint density at radius 1 is 1.07 bits per heavy atom. The summed E-state index contributed by atoms with van der Waals surface area (Å²) in [7, 11) is 0. The summed E-state index contributed by atoms with van der Waals surface area (Å²) in [6.07, 6.45) is -3.45. The topological polar surface area (TPSA) is 26.3 Å². The number of rotatable bonds is 7. The van der Waals surface area contributed by atoms with Crippen LogP contribution in [0.1, 0.15) is 44.7 Å². The third-order valence-electron chi connectivity index (χ3n) is 5.35.